The molecule has 1 aliphatic rings. The van der Waals surface area contributed by atoms with Gasteiger partial charge < -0.3 is 9.64 Å². The van der Waals surface area contributed by atoms with E-state index >= 15 is 0 Å². The number of nitrogens with zero attached hydrogens (tertiary/aromatic N) is 1. The molecule has 27 heavy (non-hydrogen) atoms. The van der Waals surface area contributed by atoms with Crippen LogP contribution in [0.2, 0.25) is 0 Å². The smallest absolute Gasteiger partial charge is 0.297 e. The minimum Gasteiger partial charge on any atom is -0.378 e. The van der Waals surface area contributed by atoms with Gasteiger partial charge in [-0.1, -0.05) is 48.0 Å². The summed E-state index contributed by atoms with van der Waals surface area (Å²) in [6.45, 7) is 3.61. The number of ether oxygens (including phenoxy) is 1. The van der Waals surface area contributed by atoms with Gasteiger partial charge in [-0.15, -0.1) is 0 Å². The first kappa shape index (κ1) is 19.5. The maximum Gasteiger partial charge on any atom is 0.297 e. The molecule has 1 atom stereocenters. The second-order valence-electron chi connectivity index (χ2n) is 6.48. The molecule has 1 unspecified atom stereocenters. The zero-order valence-corrected chi connectivity index (χ0v) is 16.0. The van der Waals surface area contributed by atoms with Crippen molar-refractivity contribution in [3.63, 3.8) is 0 Å². The van der Waals surface area contributed by atoms with E-state index in [1.807, 2.05) is 37.3 Å². The molecule has 2 aromatic carbocycles. The fourth-order valence-corrected chi connectivity index (χ4v) is 3.93. The highest BCUT2D eigenvalue weighted by molar-refractivity contribution is 7.86. The predicted octanol–water partition coefficient (Wildman–Crippen LogP) is 2.17. The van der Waals surface area contributed by atoms with Gasteiger partial charge in [0.05, 0.1) is 18.1 Å². The highest BCUT2D eigenvalue weighted by Gasteiger charge is 2.32. The van der Waals surface area contributed by atoms with Crippen molar-refractivity contribution in [3.05, 3.63) is 65.7 Å². The summed E-state index contributed by atoms with van der Waals surface area (Å²) in [6.07, 6.45) is -0.931. The summed E-state index contributed by atoms with van der Waals surface area (Å²) in [5.41, 5.74) is 1.78. The average Bonchev–Trinajstić information content (AvgIpc) is 2.68. The summed E-state index contributed by atoms with van der Waals surface area (Å²) in [4.78, 5) is 14.6. The Kier molecular flexibility index (Phi) is 6.26. The number of hydrogen-bond acceptors (Lipinski definition) is 5. The van der Waals surface area contributed by atoms with E-state index in [2.05, 4.69) is 0 Å². The highest BCUT2D eigenvalue weighted by Crippen LogP contribution is 2.19. The van der Waals surface area contributed by atoms with Gasteiger partial charge >= 0.3 is 0 Å². The van der Waals surface area contributed by atoms with Crippen LogP contribution in [0.25, 0.3) is 0 Å². The van der Waals surface area contributed by atoms with Gasteiger partial charge in [-0.05, 0) is 24.6 Å². The largest absolute Gasteiger partial charge is 0.378 e. The fourth-order valence-electron chi connectivity index (χ4n) is 2.89. The van der Waals surface area contributed by atoms with Crippen LogP contribution in [-0.2, 0) is 30.3 Å². The second-order valence-corrected chi connectivity index (χ2v) is 8.05. The molecule has 1 fully saturated rings. The fraction of sp³-hybridized carbons (Fsp3) is 0.350. The van der Waals surface area contributed by atoms with Crippen molar-refractivity contribution in [1.29, 1.82) is 0 Å². The molecule has 0 saturated carbocycles. The van der Waals surface area contributed by atoms with Gasteiger partial charge in [0, 0.05) is 19.5 Å². The van der Waals surface area contributed by atoms with E-state index in [0.717, 1.165) is 11.1 Å². The molecular weight excluding hydrogens is 366 g/mol. The predicted molar refractivity (Wildman–Crippen MR) is 101 cm³/mol. The summed E-state index contributed by atoms with van der Waals surface area (Å²) in [7, 11) is -4.06. The van der Waals surface area contributed by atoms with E-state index in [0.29, 0.717) is 26.3 Å². The number of rotatable bonds is 6. The van der Waals surface area contributed by atoms with Crippen molar-refractivity contribution in [2.24, 2.45) is 0 Å². The third-order valence-electron chi connectivity index (χ3n) is 4.41. The van der Waals surface area contributed by atoms with E-state index in [9.17, 15) is 13.2 Å². The van der Waals surface area contributed by atoms with Gasteiger partial charge in [0.2, 0.25) is 0 Å². The van der Waals surface area contributed by atoms with Gasteiger partial charge in [-0.2, -0.15) is 8.42 Å². The number of amides is 1. The summed E-state index contributed by atoms with van der Waals surface area (Å²) >= 11 is 0. The Bertz CT molecular complexity index is 859. The molecule has 0 bridgehead atoms. The van der Waals surface area contributed by atoms with Crippen molar-refractivity contribution in [2.45, 2.75) is 24.3 Å². The standard InChI is InChI=1S/C20H23NO5S/c1-16-7-9-18(10-8-16)27(23,24)26-19(15-17-5-3-2-4-6-17)20(22)21-11-13-25-14-12-21/h2-10,19H,11-15H2,1H3. The van der Waals surface area contributed by atoms with Crippen molar-refractivity contribution in [3.8, 4) is 0 Å². The maximum absolute atomic E-state index is 12.9. The van der Waals surface area contributed by atoms with E-state index in [1.54, 1.807) is 17.0 Å². The Morgan fingerprint density at radius 2 is 1.70 bits per heavy atom. The Balaban J connectivity index is 1.84. The van der Waals surface area contributed by atoms with Crippen molar-refractivity contribution < 1.29 is 22.1 Å². The van der Waals surface area contributed by atoms with E-state index in [4.69, 9.17) is 8.92 Å². The van der Waals surface area contributed by atoms with Crippen LogP contribution >= 0.6 is 0 Å². The van der Waals surface area contributed by atoms with Gasteiger partial charge in [0.1, 0.15) is 0 Å². The first-order valence-corrected chi connectivity index (χ1v) is 10.3. The van der Waals surface area contributed by atoms with Crippen LogP contribution in [0.3, 0.4) is 0 Å². The lowest BCUT2D eigenvalue weighted by Crippen LogP contribution is -2.47. The van der Waals surface area contributed by atoms with Gasteiger partial charge in [0.15, 0.2) is 6.10 Å². The first-order chi connectivity index (χ1) is 13.0. The number of aryl methyl sites for hydroxylation is 1. The van der Waals surface area contributed by atoms with Gasteiger partial charge in [-0.25, -0.2) is 0 Å². The van der Waals surface area contributed by atoms with Crippen LogP contribution in [0, 0.1) is 6.92 Å². The molecule has 0 aliphatic carbocycles. The van der Waals surface area contributed by atoms with E-state index < -0.39 is 16.2 Å². The van der Waals surface area contributed by atoms with Gasteiger partial charge in [0.25, 0.3) is 16.0 Å². The number of hydrogen-bond donors (Lipinski definition) is 0. The molecule has 0 N–H and O–H groups in total. The molecular formula is C20H23NO5S. The molecule has 0 spiro atoms. The van der Waals surface area contributed by atoms with E-state index in [1.165, 1.54) is 12.1 Å². The maximum atomic E-state index is 12.9. The molecule has 1 heterocycles. The lowest BCUT2D eigenvalue weighted by atomic mass is 10.1. The molecule has 144 valence electrons. The van der Waals surface area contributed by atoms with Crippen LogP contribution in [0.1, 0.15) is 11.1 Å². The number of benzene rings is 2. The lowest BCUT2D eigenvalue weighted by molar-refractivity contribution is -0.142. The van der Waals surface area contributed by atoms with Crippen molar-refractivity contribution >= 4 is 16.0 Å². The summed E-state index contributed by atoms with van der Waals surface area (Å²) in [5, 5.41) is 0. The number of morpholine rings is 1. The van der Waals surface area contributed by atoms with Crippen LogP contribution in [0.4, 0.5) is 0 Å². The second kappa shape index (κ2) is 8.65. The quantitative estimate of drug-likeness (QED) is 0.708. The molecule has 1 aliphatic heterocycles. The normalized spacial score (nSPS) is 16.1. The van der Waals surface area contributed by atoms with Crippen molar-refractivity contribution in [1.82, 2.24) is 4.90 Å². The zero-order valence-electron chi connectivity index (χ0n) is 15.2. The molecule has 1 amide bonds. The van der Waals surface area contributed by atoms with Crippen LogP contribution in [0.15, 0.2) is 59.5 Å². The summed E-state index contributed by atoms with van der Waals surface area (Å²) in [5.74, 6) is -0.335. The molecule has 3 rings (SSSR count). The Morgan fingerprint density at radius 1 is 1.07 bits per heavy atom. The monoisotopic (exact) mass is 389 g/mol. The van der Waals surface area contributed by atoms with Crippen molar-refractivity contribution in [2.75, 3.05) is 26.3 Å². The number of carbonyl (C=O) groups is 1. The minimum atomic E-state index is -4.06. The third-order valence-corrected chi connectivity index (χ3v) is 5.75. The molecule has 6 nitrogen and oxygen atoms in total. The first-order valence-electron chi connectivity index (χ1n) is 8.86. The summed E-state index contributed by atoms with van der Waals surface area (Å²) in [6, 6.07) is 15.6. The van der Waals surface area contributed by atoms with Crippen LogP contribution < -0.4 is 0 Å². The topological polar surface area (TPSA) is 72.9 Å². The lowest BCUT2D eigenvalue weighted by Gasteiger charge is -2.30. The summed E-state index contributed by atoms with van der Waals surface area (Å²) < 4.78 is 36.1. The van der Waals surface area contributed by atoms with Gasteiger partial charge in [-0.3, -0.25) is 8.98 Å². The Labute approximate surface area is 159 Å². The third kappa shape index (κ3) is 5.15. The van der Waals surface area contributed by atoms with E-state index in [-0.39, 0.29) is 17.2 Å². The molecule has 1 saturated heterocycles. The average molecular weight is 389 g/mol. The van der Waals surface area contributed by atoms with Crippen LogP contribution in [0.5, 0.6) is 0 Å². The molecule has 7 heteroatoms. The zero-order chi connectivity index (χ0) is 19.3. The highest BCUT2D eigenvalue weighted by atomic mass is 32.2. The Morgan fingerprint density at radius 3 is 2.33 bits per heavy atom. The Hall–Kier alpha value is -2.22. The molecule has 2 aromatic rings. The minimum absolute atomic E-state index is 0.0425. The molecule has 0 radical (unpaired) electrons. The molecule has 0 aromatic heterocycles. The van der Waals surface area contributed by atoms with Crippen LogP contribution in [-0.4, -0.2) is 51.6 Å². The number of carbonyl (C=O) groups excluding carboxylic acids is 1. The SMILES string of the molecule is Cc1ccc(S(=O)(=O)OC(Cc2ccccc2)C(=O)N2CCOCC2)cc1.